The quantitative estimate of drug-likeness (QED) is 0.508. The Bertz CT molecular complexity index is 233. The lowest BCUT2D eigenvalue weighted by molar-refractivity contribution is 0.778. The molecule has 0 aliphatic rings. The minimum atomic E-state index is 0.716. The van der Waals surface area contributed by atoms with E-state index in [-0.39, 0.29) is 0 Å². The molecule has 0 bridgehead atoms. The molecule has 0 aliphatic carbocycles. The van der Waals surface area contributed by atoms with E-state index < -0.39 is 0 Å². The zero-order valence-electron chi connectivity index (χ0n) is 6.29. The molecule has 1 aromatic rings. The molecule has 11 heavy (non-hydrogen) atoms. The van der Waals surface area contributed by atoms with Gasteiger partial charge in [-0.25, -0.2) is 5.43 Å². The molecule has 0 atom stereocenters. The number of thiocarbonyl (C=S) groups is 1. The molecular formula is C8H10N2S. The van der Waals surface area contributed by atoms with Crippen LogP contribution in [0.2, 0.25) is 0 Å². The second-order valence-corrected chi connectivity index (χ2v) is 2.48. The van der Waals surface area contributed by atoms with Crippen LogP contribution in [0.5, 0.6) is 0 Å². The highest BCUT2D eigenvalue weighted by Gasteiger charge is 1.95. The van der Waals surface area contributed by atoms with Gasteiger partial charge in [0.25, 0.3) is 0 Å². The average molecular weight is 166 g/mol. The van der Waals surface area contributed by atoms with Crippen molar-refractivity contribution in [1.82, 2.24) is 10.9 Å². The number of hydrogen-bond donors (Lipinski definition) is 2. The summed E-state index contributed by atoms with van der Waals surface area (Å²) >= 11 is 5.05. The Morgan fingerprint density at radius 1 is 1.27 bits per heavy atom. The Hall–Kier alpha value is -0.930. The van der Waals surface area contributed by atoms with Crippen molar-refractivity contribution in [2.45, 2.75) is 0 Å². The number of hydrogen-bond acceptors (Lipinski definition) is 2. The minimum absolute atomic E-state index is 0.716. The van der Waals surface area contributed by atoms with E-state index >= 15 is 0 Å². The number of hydrazine groups is 1. The smallest absolute Gasteiger partial charge is 0.120 e. The van der Waals surface area contributed by atoms with Gasteiger partial charge in [0, 0.05) is 12.6 Å². The molecule has 0 spiro atoms. The van der Waals surface area contributed by atoms with Crippen LogP contribution in [0, 0.1) is 0 Å². The van der Waals surface area contributed by atoms with Crippen molar-refractivity contribution >= 4 is 17.2 Å². The van der Waals surface area contributed by atoms with Crippen molar-refractivity contribution in [1.29, 1.82) is 0 Å². The van der Waals surface area contributed by atoms with Crippen molar-refractivity contribution in [3.8, 4) is 0 Å². The van der Waals surface area contributed by atoms with Gasteiger partial charge in [0.05, 0.1) is 0 Å². The van der Waals surface area contributed by atoms with Crippen LogP contribution in [0.15, 0.2) is 30.3 Å². The summed E-state index contributed by atoms with van der Waals surface area (Å²) in [7, 11) is 1.79. The Labute approximate surface area is 71.6 Å². The van der Waals surface area contributed by atoms with Gasteiger partial charge >= 0.3 is 0 Å². The van der Waals surface area contributed by atoms with Crippen molar-refractivity contribution < 1.29 is 0 Å². The first-order valence-electron chi connectivity index (χ1n) is 3.36. The maximum absolute atomic E-state index is 5.05. The van der Waals surface area contributed by atoms with Gasteiger partial charge in [-0.3, -0.25) is 0 Å². The molecule has 0 amide bonds. The molecule has 0 fully saturated rings. The summed E-state index contributed by atoms with van der Waals surface area (Å²) in [5.74, 6) is 0. The summed E-state index contributed by atoms with van der Waals surface area (Å²) in [5.41, 5.74) is 6.64. The second-order valence-electron chi connectivity index (χ2n) is 2.07. The molecule has 1 aromatic carbocycles. The Balaban J connectivity index is 2.69. The molecule has 0 saturated carbocycles. The van der Waals surface area contributed by atoms with Gasteiger partial charge in [0.2, 0.25) is 0 Å². The Morgan fingerprint density at radius 3 is 2.45 bits per heavy atom. The van der Waals surface area contributed by atoms with Crippen LogP contribution in [-0.2, 0) is 0 Å². The van der Waals surface area contributed by atoms with Gasteiger partial charge in [-0.15, -0.1) is 0 Å². The lowest BCUT2D eigenvalue weighted by Gasteiger charge is -2.04. The molecule has 0 saturated heterocycles. The summed E-state index contributed by atoms with van der Waals surface area (Å²) in [4.78, 5) is 0.716. The monoisotopic (exact) mass is 166 g/mol. The SMILES string of the molecule is CNNC(=S)c1ccccc1. The van der Waals surface area contributed by atoms with Gasteiger partial charge < -0.3 is 5.43 Å². The lowest BCUT2D eigenvalue weighted by Crippen LogP contribution is -2.33. The van der Waals surface area contributed by atoms with Crippen LogP contribution >= 0.6 is 12.2 Å². The van der Waals surface area contributed by atoms with Crippen molar-refractivity contribution in [3.05, 3.63) is 35.9 Å². The zero-order chi connectivity index (χ0) is 8.10. The first-order valence-corrected chi connectivity index (χ1v) is 3.77. The van der Waals surface area contributed by atoms with Gasteiger partial charge in [0.1, 0.15) is 4.99 Å². The Morgan fingerprint density at radius 2 is 1.91 bits per heavy atom. The van der Waals surface area contributed by atoms with E-state index in [1.165, 1.54) is 0 Å². The number of nitrogens with one attached hydrogen (secondary N) is 2. The summed E-state index contributed by atoms with van der Waals surface area (Å²) in [6, 6.07) is 9.81. The zero-order valence-corrected chi connectivity index (χ0v) is 7.11. The predicted molar refractivity (Wildman–Crippen MR) is 50.3 cm³/mol. The molecule has 0 radical (unpaired) electrons. The normalized spacial score (nSPS) is 9.18. The van der Waals surface area contributed by atoms with E-state index in [1.54, 1.807) is 7.05 Å². The molecule has 0 unspecified atom stereocenters. The molecule has 0 aromatic heterocycles. The molecule has 2 nitrogen and oxygen atoms in total. The van der Waals surface area contributed by atoms with Crippen molar-refractivity contribution in [2.24, 2.45) is 0 Å². The maximum Gasteiger partial charge on any atom is 0.120 e. The van der Waals surface area contributed by atoms with Crippen LogP contribution < -0.4 is 10.9 Å². The molecule has 2 N–H and O–H groups in total. The summed E-state index contributed by atoms with van der Waals surface area (Å²) in [5, 5.41) is 0. The summed E-state index contributed by atoms with van der Waals surface area (Å²) < 4.78 is 0. The van der Waals surface area contributed by atoms with Crippen LogP contribution in [0.25, 0.3) is 0 Å². The topological polar surface area (TPSA) is 24.1 Å². The van der Waals surface area contributed by atoms with E-state index in [2.05, 4.69) is 10.9 Å². The second kappa shape index (κ2) is 4.05. The third-order valence-corrected chi connectivity index (χ3v) is 1.61. The fraction of sp³-hybridized carbons (Fsp3) is 0.125. The lowest BCUT2D eigenvalue weighted by atomic mass is 10.2. The first-order chi connectivity index (χ1) is 5.34. The van der Waals surface area contributed by atoms with Crippen LogP contribution in [0.3, 0.4) is 0 Å². The Kier molecular flexibility index (Phi) is 3.01. The minimum Gasteiger partial charge on any atom is -0.312 e. The van der Waals surface area contributed by atoms with E-state index in [0.29, 0.717) is 4.99 Å². The fourth-order valence-corrected chi connectivity index (χ4v) is 1.01. The third-order valence-electron chi connectivity index (χ3n) is 1.27. The molecule has 0 heterocycles. The van der Waals surface area contributed by atoms with Gasteiger partial charge in [-0.05, 0) is 0 Å². The summed E-state index contributed by atoms with van der Waals surface area (Å²) in [6.45, 7) is 0. The van der Waals surface area contributed by atoms with Gasteiger partial charge in [-0.2, -0.15) is 0 Å². The van der Waals surface area contributed by atoms with Crippen LogP contribution in [0.1, 0.15) is 5.56 Å². The molecule has 1 rings (SSSR count). The van der Waals surface area contributed by atoms with E-state index in [4.69, 9.17) is 12.2 Å². The highest BCUT2D eigenvalue weighted by Crippen LogP contribution is 1.97. The highest BCUT2D eigenvalue weighted by molar-refractivity contribution is 7.80. The predicted octanol–water partition coefficient (Wildman–Crippen LogP) is 1.09. The first kappa shape index (κ1) is 8.17. The summed E-state index contributed by atoms with van der Waals surface area (Å²) in [6.07, 6.45) is 0. The van der Waals surface area contributed by atoms with Crippen molar-refractivity contribution in [2.75, 3.05) is 7.05 Å². The largest absolute Gasteiger partial charge is 0.312 e. The molecular weight excluding hydrogens is 156 g/mol. The molecule has 58 valence electrons. The van der Waals surface area contributed by atoms with Gasteiger partial charge in [-0.1, -0.05) is 42.5 Å². The van der Waals surface area contributed by atoms with Gasteiger partial charge in [0.15, 0.2) is 0 Å². The van der Waals surface area contributed by atoms with E-state index in [9.17, 15) is 0 Å². The van der Waals surface area contributed by atoms with Crippen LogP contribution in [0.4, 0.5) is 0 Å². The van der Waals surface area contributed by atoms with Crippen molar-refractivity contribution in [3.63, 3.8) is 0 Å². The average Bonchev–Trinajstić information content (AvgIpc) is 2.07. The highest BCUT2D eigenvalue weighted by atomic mass is 32.1. The van der Waals surface area contributed by atoms with E-state index in [0.717, 1.165) is 5.56 Å². The standard InChI is InChI=1S/C8H10N2S/c1-9-10-8(11)7-5-3-2-4-6-7/h2-6,9H,1H3,(H,10,11). The number of benzene rings is 1. The molecule has 0 aliphatic heterocycles. The third kappa shape index (κ3) is 2.29. The van der Waals surface area contributed by atoms with E-state index in [1.807, 2.05) is 30.3 Å². The maximum atomic E-state index is 5.05. The number of rotatable bonds is 2. The fourth-order valence-electron chi connectivity index (χ4n) is 0.775. The van der Waals surface area contributed by atoms with Crippen LogP contribution in [-0.4, -0.2) is 12.0 Å². The molecule has 3 heteroatoms.